The van der Waals surface area contributed by atoms with Crippen LogP contribution in [-0.2, 0) is 9.53 Å². The second-order valence-corrected chi connectivity index (χ2v) is 4.64. The lowest BCUT2D eigenvalue weighted by atomic mass is 9.80. The second-order valence-electron chi connectivity index (χ2n) is 4.64. The van der Waals surface area contributed by atoms with Crippen LogP contribution in [0.4, 0.5) is 0 Å². The zero-order valence-electron chi connectivity index (χ0n) is 10.2. The van der Waals surface area contributed by atoms with Gasteiger partial charge in [0.05, 0.1) is 0 Å². The summed E-state index contributed by atoms with van der Waals surface area (Å²) in [5.41, 5.74) is 1.01. The highest BCUT2D eigenvalue weighted by molar-refractivity contribution is 5.97. The molecule has 0 aromatic rings. The van der Waals surface area contributed by atoms with E-state index >= 15 is 0 Å². The molecule has 0 amide bonds. The van der Waals surface area contributed by atoms with Gasteiger partial charge in [-0.3, -0.25) is 4.79 Å². The van der Waals surface area contributed by atoms with Crippen molar-refractivity contribution >= 4 is 5.78 Å². The van der Waals surface area contributed by atoms with Gasteiger partial charge in [-0.15, -0.1) is 0 Å². The van der Waals surface area contributed by atoms with E-state index in [1.54, 1.807) is 0 Å². The molecule has 0 aromatic carbocycles. The number of ketones is 1. The molecule has 16 heavy (non-hydrogen) atoms. The first-order valence-electron chi connectivity index (χ1n) is 6.32. The van der Waals surface area contributed by atoms with Crippen LogP contribution in [0.3, 0.4) is 0 Å². The number of Topliss-reactive ketones (excluding diaryl/α,β-unsaturated/α-hetero) is 1. The fourth-order valence-corrected chi connectivity index (χ4v) is 2.74. The van der Waals surface area contributed by atoms with Crippen molar-refractivity contribution in [1.29, 1.82) is 0 Å². The van der Waals surface area contributed by atoms with E-state index < -0.39 is 0 Å². The predicted octanol–water partition coefficient (Wildman–Crippen LogP) is 3.38. The molecule has 0 bridgehead atoms. The maximum Gasteiger partial charge on any atom is 0.162 e. The summed E-state index contributed by atoms with van der Waals surface area (Å²) in [4.78, 5) is 11.9. The van der Waals surface area contributed by atoms with Gasteiger partial charge in [0.15, 0.2) is 5.78 Å². The van der Waals surface area contributed by atoms with Crippen LogP contribution in [0.5, 0.6) is 0 Å². The molecule has 0 saturated carbocycles. The second kappa shape index (κ2) is 4.86. The molecule has 2 unspecified atom stereocenters. The van der Waals surface area contributed by atoms with Crippen LogP contribution in [-0.4, -0.2) is 11.9 Å². The Labute approximate surface area is 97.4 Å². The highest BCUT2D eigenvalue weighted by Gasteiger charge is 2.34. The average molecular weight is 220 g/mol. The summed E-state index contributed by atoms with van der Waals surface area (Å²) < 4.78 is 5.91. The van der Waals surface area contributed by atoms with E-state index in [1.165, 1.54) is 0 Å². The first-order chi connectivity index (χ1) is 7.76. The average Bonchev–Trinajstić information content (AvgIpc) is 2.28. The molecule has 2 rings (SSSR count). The van der Waals surface area contributed by atoms with Crippen LogP contribution < -0.4 is 0 Å². The Hall–Kier alpha value is -1.05. The molecule has 1 aliphatic carbocycles. The van der Waals surface area contributed by atoms with Crippen molar-refractivity contribution in [2.24, 2.45) is 5.92 Å². The molecular formula is C14H20O2. The van der Waals surface area contributed by atoms with Gasteiger partial charge in [-0.05, 0) is 38.2 Å². The van der Waals surface area contributed by atoms with Crippen molar-refractivity contribution < 1.29 is 9.53 Å². The summed E-state index contributed by atoms with van der Waals surface area (Å²) >= 11 is 0. The van der Waals surface area contributed by atoms with Crippen LogP contribution in [0.2, 0.25) is 0 Å². The Morgan fingerprint density at radius 3 is 2.94 bits per heavy atom. The highest BCUT2D eigenvalue weighted by Crippen LogP contribution is 2.38. The normalized spacial score (nSPS) is 30.5. The van der Waals surface area contributed by atoms with E-state index in [4.69, 9.17) is 4.74 Å². The SMILES string of the molecule is CC=CC1CC(CC)C2=C(CCCC2=O)O1. The van der Waals surface area contributed by atoms with E-state index in [0.717, 1.165) is 37.0 Å². The van der Waals surface area contributed by atoms with Crippen molar-refractivity contribution in [2.45, 2.75) is 52.1 Å². The maximum atomic E-state index is 11.9. The topological polar surface area (TPSA) is 26.3 Å². The number of carbonyl (C=O) groups excluding carboxylic acids is 1. The lowest BCUT2D eigenvalue weighted by Gasteiger charge is -2.34. The molecule has 0 spiro atoms. The maximum absolute atomic E-state index is 11.9. The van der Waals surface area contributed by atoms with E-state index in [-0.39, 0.29) is 6.10 Å². The number of hydrogen-bond donors (Lipinski definition) is 0. The van der Waals surface area contributed by atoms with Crippen LogP contribution in [0.25, 0.3) is 0 Å². The van der Waals surface area contributed by atoms with Gasteiger partial charge in [-0.1, -0.05) is 13.0 Å². The number of allylic oxidation sites excluding steroid dienone is 3. The fraction of sp³-hybridized carbons (Fsp3) is 0.643. The van der Waals surface area contributed by atoms with Gasteiger partial charge < -0.3 is 4.74 Å². The Bertz CT molecular complexity index is 339. The first kappa shape index (κ1) is 11.4. The fourth-order valence-electron chi connectivity index (χ4n) is 2.74. The Balaban J connectivity index is 2.27. The Morgan fingerprint density at radius 2 is 2.25 bits per heavy atom. The third-order valence-corrected chi connectivity index (χ3v) is 3.53. The lowest BCUT2D eigenvalue weighted by molar-refractivity contribution is -0.117. The Kier molecular flexibility index (Phi) is 3.47. The minimum Gasteiger partial charge on any atom is -0.490 e. The molecule has 1 aliphatic heterocycles. The molecule has 0 fully saturated rings. The van der Waals surface area contributed by atoms with Crippen molar-refractivity contribution in [3.8, 4) is 0 Å². The van der Waals surface area contributed by atoms with Gasteiger partial charge in [-0.2, -0.15) is 0 Å². The van der Waals surface area contributed by atoms with Crippen molar-refractivity contribution in [1.82, 2.24) is 0 Å². The summed E-state index contributed by atoms with van der Waals surface area (Å²) in [6, 6.07) is 0. The number of carbonyl (C=O) groups is 1. The molecule has 2 aliphatic rings. The molecule has 2 heteroatoms. The third kappa shape index (κ3) is 2.06. The van der Waals surface area contributed by atoms with Crippen LogP contribution in [0, 0.1) is 5.92 Å². The summed E-state index contributed by atoms with van der Waals surface area (Å²) in [6.45, 7) is 4.18. The van der Waals surface area contributed by atoms with Crippen molar-refractivity contribution in [2.75, 3.05) is 0 Å². The number of rotatable bonds is 2. The highest BCUT2D eigenvalue weighted by atomic mass is 16.5. The number of ether oxygens (including phenoxy) is 1. The zero-order chi connectivity index (χ0) is 11.5. The zero-order valence-corrected chi connectivity index (χ0v) is 10.2. The van der Waals surface area contributed by atoms with Gasteiger partial charge in [-0.25, -0.2) is 0 Å². The molecule has 2 atom stereocenters. The van der Waals surface area contributed by atoms with E-state index in [2.05, 4.69) is 13.0 Å². The summed E-state index contributed by atoms with van der Waals surface area (Å²) in [7, 11) is 0. The third-order valence-electron chi connectivity index (χ3n) is 3.53. The minimum absolute atomic E-state index is 0.180. The van der Waals surface area contributed by atoms with Crippen LogP contribution in [0.1, 0.15) is 46.0 Å². The van der Waals surface area contributed by atoms with Gasteiger partial charge in [0.2, 0.25) is 0 Å². The van der Waals surface area contributed by atoms with E-state index in [0.29, 0.717) is 18.1 Å². The largest absolute Gasteiger partial charge is 0.490 e. The Morgan fingerprint density at radius 1 is 1.44 bits per heavy atom. The quantitative estimate of drug-likeness (QED) is 0.667. The molecule has 0 radical (unpaired) electrons. The number of hydrogen-bond acceptors (Lipinski definition) is 2. The molecule has 0 N–H and O–H groups in total. The monoisotopic (exact) mass is 220 g/mol. The minimum atomic E-state index is 0.180. The molecule has 0 saturated heterocycles. The summed E-state index contributed by atoms with van der Waals surface area (Å²) in [6.07, 6.45) is 8.95. The molecule has 2 nitrogen and oxygen atoms in total. The van der Waals surface area contributed by atoms with E-state index in [1.807, 2.05) is 13.0 Å². The molecular weight excluding hydrogens is 200 g/mol. The standard InChI is InChI=1S/C14H20O2/c1-3-6-11-9-10(4-2)14-12(15)7-5-8-13(14)16-11/h3,6,10-11H,4-5,7-9H2,1-2H3. The molecule has 1 heterocycles. The summed E-state index contributed by atoms with van der Waals surface area (Å²) in [5.74, 6) is 1.72. The molecule has 0 aromatic heterocycles. The summed E-state index contributed by atoms with van der Waals surface area (Å²) in [5, 5.41) is 0. The molecule has 88 valence electrons. The first-order valence-corrected chi connectivity index (χ1v) is 6.32. The van der Waals surface area contributed by atoms with Gasteiger partial charge in [0.1, 0.15) is 11.9 Å². The smallest absolute Gasteiger partial charge is 0.162 e. The van der Waals surface area contributed by atoms with Gasteiger partial charge in [0, 0.05) is 18.4 Å². The lowest BCUT2D eigenvalue weighted by Crippen LogP contribution is -2.30. The van der Waals surface area contributed by atoms with E-state index in [9.17, 15) is 4.79 Å². The van der Waals surface area contributed by atoms with Crippen molar-refractivity contribution in [3.63, 3.8) is 0 Å². The van der Waals surface area contributed by atoms with Crippen molar-refractivity contribution in [3.05, 3.63) is 23.5 Å². The van der Waals surface area contributed by atoms with Gasteiger partial charge in [0.25, 0.3) is 0 Å². The van der Waals surface area contributed by atoms with Crippen LogP contribution >= 0.6 is 0 Å². The predicted molar refractivity (Wildman–Crippen MR) is 64.0 cm³/mol. The van der Waals surface area contributed by atoms with Gasteiger partial charge >= 0.3 is 0 Å². The van der Waals surface area contributed by atoms with Crippen LogP contribution in [0.15, 0.2) is 23.5 Å².